The summed E-state index contributed by atoms with van der Waals surface area (Å²) in [7, 11) is 0. The maximum Gasteiger partial charge on any atom is 0.0558 e. The molecule has 0 amide bonds. The first-order valence-electron chi connectivity index (χ1n) is 5.73. The molecular weight excluding hydrogens is 200 g/mol. The third-order valence-electron chi connectivity index (χ3n) is 2.93. The van der Waals surface area contributed by atoms with Gasteiger partial charge < -0.3 is 10.1 Å². The molecule has 0 aliphatic rings. The van der Waals surface area contributed by atoms with E-state index in [0.717, 1.165) is 19.6 Å². The van der Waals surface area contributed by atoms with Gasteiger partial charge in [-0.3, -0.25) is 4.90 Å². The van der Waals surface area contributed by atoms with Crippen molar-refractivity contribution in [2.75, 3.05) is 19.7 Å². The van der Waals surface area contributed by atoms with E-state index in [4.69, 9.17) is 5.11 Å². The van der Waals surface area contributed by atoms with Crippen molar-refractivity contribution >= 4 is 10.9 Å². The number of fused-ring (bicyclic) bond motifs is 1. The molecule has 2 N–H and O–H groups in total. The molecule has 0 atom stereocenters. The molecule has 0 saturated carbocycles. The summed E-state index contributed by atoms with van der Waals surface area (Å²) in [6.45, 7) is 4.90. The summed E-state index contributed by atoms with van der Waals surface area (Å²) in [4.78, 5) is 5.50. The van der Waals surface area contributed by atoms with E-state index in [1.54, 1.807) is 0 Å². The van der Waals surface area contributed by atoms with Crippen LogP contribution < -0.4 is 0 Å². The second-order valence-corrected chi connectivity index (χ2v) is 3.95. The Hall–Kier alpha value is -1.32. The Balaban J connectivity index is 2.22. The van der Waals surface area contributed by atoms with Gasteiger partial charge in [0.15, 0.2) is 0 Å². The first-order chi connectivity index (χ1) is 7.85. The van der Waals surface area contributed by atoms with Crippen LogP contribution >= 0.6 is 0 Å². The first-order valence-corrected chi connectivity index (χ1v) is 5.73. The maximum absolute atomic E-state index is 8.97. The van der Waals surface area contributed by atoms with E-state index in [9.17, 15) is 0 Å². The minimum absolute atomic E-state index is 0.217. The zero-order valence-electron chi connectivity index (χ0n) is 9.61. The molecule has 1 aromatic heterocycles. The van der Waals surface area contributed by atoms with E-state index in [0.29, 0.717) is 0 Å². The van der Waals surface area contributed by atoms with Gasteiger partial charge in [-0.2, -0.15) is 0 Å². The minimum Gasteiger partial charge on any atom is -0.395 e. The number of aromatic nitrogens is 1. The van der Waals surface area contributed by atoms with E-state index in [1.165, 1.54) is 16.5 Å². The van der Waals surface area contributed by atoms with Crippen LogP contribution in [0.4, 0.5) is 0 Å². The van der Waals surface area contributed by atoms with Crippen LogP contribution in [0.25, 0.3) is 10.9 Å². The van der Waals surface area contributed by atoms with Gasteiger partial charge in [0, 0.05) is 24.8 Å². The van der Waals surface area contributed by atoms with Gasteiger partial charge in [0.05, 0.1) is 6.61 Å². The van der Waals surface area contributed by atoms with E-state index in [-0.39, 0.29) is 6.61 Å². The highest BCUT2D eigenvalue weighted by Gasteiger charge is 2.06. The molecule has 3 nitrogen and oxygen atoms in total. The molecule has 1 heterocycles. The van der Waals surface area contributed by atoms with Crippen LogP contribution in [0.5, 0.6) is 0 Å². The lowest BCUT2D eigenvalue weighted by molar-refractivity contribution is 0.197. The highest BCUT2D eigenvalue weighted by Crippen LogP contribution is 2.18. The fraction of sp³-hybridized carbons (Fsp3) is 0.385. The number of para-hydroxylation sites is 1. The van der Waals surface area contributed by atoms with Crippen molar-refractivity contribution in [3.8, 4) is 0 Å². The van der Waals surface area contributed by atoms with E-state index in [1.807, 2.05) is 6.20 Å². The number of hydrogen-bond donors (Lipinski definition) is 2. The predicted octanol–water partition coefficient (Wildman–Crippen LogP) is 1.98. The Morgan fingerprint density at radius 2 is 2.19 bits per heavy atom. The molecule has 86 valence electrons. The summed E-state index contributed by atoms with van der Waals surface area (Å²) in [5, 5.41) is 10.2. The number of likely N-dealkylation sites (N-methyl/N-ethyl adjacent to an activating group) is 1. The standard InChI is InChI=1S/C13H18N2O/c1-2-15(8-9-16)10-12-5-3-4-11-6-7-14-13(11)12/h3-7,14,16H,2,8-10H2,1H3. The molecule has 3 heteroatoms. The van der Waals surface area contributed by atoms with Crippen LogP contribution in [-0.2, 0) is 6.54 Å². The summed E-state index contributed by atoms with van der Waals surface area (Å²) >= 11 is 0. The number of nitrogens with zero attached hydrogens (tertiary/aromatic N) is 1. The topological polar surface area (TPSA) is 39.3 Å². The van der Waals surface area contributed by atoms with Crippen molar-refractivity contribution in [2.24, 2.45) is 0 Å². The molecule has 0 unspecified atom stereocenters. The van der Waals surface area contributed by atoms with Crippen molar-refractivity contribution in [1.82, 2.24) is 9.88 Å². The molecule has 0 saturated heterocycles. The molecule has 2 aromatic rings. The zero-order chi connectivity index (χ0) is 11.4. The van der Waals surface area contributed by atoms with Crippen LogP contribution in [0.3, 0.4) is 0 Å². The van der Waals surface area contributed by atoms with E-state index in [2.05, 4.69) is 41.1 Å². The van der Waals surface area contributed by atoms with Crippen molar-refractivity contribution in [1.29, 1.82) is 0 Å². The summed E-state index contributed by atoms with van der Waals surface area (Å²) in [6, 6.07) is 8.41. The smallest absolute Gasteiger partial charge is 0.0558 e. The van der Waals surface area contributed by atoms with Crippen LogP contribution in [0.1, 0.15) is 12.5 Å². The summed E-state index contributed by atoms with van der Waals surface area (Å²) in [6.07, 6.45) is 1.97. The number of aliphatic hydroxyl groups is 1. The molecule has 0 spiro atoms. The van der Waals surface area contributed by atoms with Crippen molar-refractivity contribution in [2.45, 2.75) is 13.5 Å². The Kier molecular flexibility index (Phi) is 3.59. The van der Waals surface area contributed by atoms with Gasteiger partial charge in [-0.15, -0.1) is 0 Å². The van der Waals surface area contributed by atoms with Gasteiger partial charge in [-0.1, -0.05) is 25.1 Å². The van der Waals surface area contributed by atoms with Gasteiger partial charge in [0.25, 0.3) is 0 Å². The van der Waals surface area contributed by atoms with Crippen LogP contribution in [-0.4, -0.2) is 34.7 Å². The number of hydrogen-bond acceptors (Lipinski definition) is 2. The second-order valence-electron chi connectivity index (χ2n) is 3.95. The first kappa shape index (κ1) is 11.2. The Bertz CT molecular complexity index is 450. The number of aliphatic hydroxyl groups excluding tert-OH is 1. The van der Waals surface area contributed by atoms with E-state index >= 15 is 0 Å². The van der Waals surface area contributed by atoms with E-state index < -0.39 is 0 Å². The average Bonchev–Trinajstić information content (AvgIpc) is 2.77. The molecule has 0 bridgehead atoms. The lowest BCUT2D eigenvalue weighted by atomic mass is 10.1. The largest absolute Gasteiger partial charge is 0.395 e. The van der Waals surface area contributed by atoms with Gasteiger partial charge in [0.2, 0.25) is 0 Å². The normalized spacial score (nSPS) is 11.4. The number of aromatic amines is 1. The number of H-pyrrole nitrogens is 1. The second kappa shape index (κ2) is 5.14. The third kappa shape index (κ3) is 2.26. The minimum atomic E-state index is 0.217. The monoisotopic (exact) mass is 218 g/mol. The lowest BCUT2D eigenvalue weighted by Crippen LogP contribution is -2.26. The molecule has 0 aliphatic carbocycles. The van der Waals surface area contributed by atoms with Crippen LogP contribution in [0, 0.1) is 0 Å². The Labute approximate surface area is 95.7 Å². The molecule has 0 fully saturated rings. The van der Waals surface area contributed by atoms with Gasteiger partial charge in [-0.25, -0.2) is 0 Å². The van der Waals surface area contributed by atoms with Crippen molar-refractivity contribution < 1.29 is 5.11 Å². The molecule has 2 rings (SSSR count). The molecule has 0 aliphatic heterocycles. The quantitative estimate of drug-likeness (QED) is 0.805. The number of benzene rings is 1. The molecule has 1 aromatic carbocycles. The summed E-state index contributed by atoms with van der Waals surface area (Å²) < 4.78 is 0. The maximum atomic E-state index is 8.97. The fourth-order valence-electron chi connectivity index (χ4n) is 2.01. The molecule has 16 heavy (non-hydrogen) atoms. The molecule has 0 radical (unpaired) electrons. The average molecular weight is 218 g/mol. The third-order valence-corrected chi connectivity index (χ3v) is 2.93. The molecular formula is C13H18N2O. The SMILES string of the molecule is CCN(CCO)Cc1cccc2cc[nH]c12. The number of nitrogens with one attached hydrogen (secondary N) is 1. The van der Waals surface area contributed by atoms with Gasteiger partial charge in [0.1, 0.15) is 0 Å². The highest BCUT2D eigenvalue weighted by molar-refractivity contribution is 5.82. The fourth-order valence-corrected chi connectivity index (χ4v) is 2.01. The predicted molar refractivity (Wildman–Crippen MR) is 66.3 cm³/mol. The van der Waals surface area contributed by atoms with Gasteiger partial charge >= 0.3 is 0 Å². The van der Waals surface area contributed by atoms with Gasteiger partial charge in [-0.05, 0) is 23.6 Å². The van der Waals surface area contributed by atoms with Crippen molar-refractivity contribution in [3.05, 3.63) is 36.0 Å². The summed E-state index contributed by atoms with van der Waals surface area (Å²) in [5.74, 6) is 0. The number of rotatable bonds is 5. The van der Waals surface area contributed by atoms with Crippen LogP contribution in [0.15, 0.2) is 30.5 Å². The summed E-state index contributed by atoms with van der Waals surface area (Å²) in [5.41, 5.74) is 2.50. The zero-order valence-corrected chi connectivity index (χ0v) is 9.61. The lowest BCUT2D eigenvalue weighted by Gasteiger charge is -2.19. The van der Waals surface area contributed by atoms with Crippen molar-refractivity contribution in [3.63, 3.8) is 0 Å². The highest BCUT2D eigenvalue weighted by atomic mass is 16.3. The Morgan fingerprint density at radius 3 is 2.94 bits per heavy atom. The van der Waals surface area contributed by atoms with Crippen LogP contribution in [0.2, 0.25) is 0 Å². The Morgan fingerprint density at radius 1 is 1.31 bits per heavy atom.